The summed E-state index contributed by atoms with van der Waals surface area (Å²) >= 11 is 0. The molecule has 204 valence electrons. The predicted molar refractivity (Wildman–Crippen MR) is 149 cm³/mol. The number of hydrogen-bond donors (Lipinski definition) is 2. The third-order valence-corrected chi connectivity index (χ3v) is 12.0. The standard InChI is InChI=1S/C34H44O4/c35-3-5-37-31-14-30(34-18-24-10-25(19-34)12-26(11-24)20-34)29-13-27(1-2-28(29)32(31)38-6-4-36)33-15-21-7-22(16-33)9-23(8-21)17-33/h1-2,13-14,21-26,35-36H,3-12,15-20H2. The van der Waals surface area contributed by atoms with Crippen molar-refractivity contribution in [3.05, 3.63) is 35.4 Å². The molecule has 8 saturated carbocycles. The van der Waals surface area contributed by atoms with Crippen LogP contribution in [0.3, 0.4) is 0 Å². The molecule has 2 N–H and O–H groups in total. The van der Waals surface area contributed by atoms with Gasteiger partial charge in [0.2, 0.25) is 0 Å². The molecule has 0 aliphatic heterocycles. The number of aliphatic hydroxyl groups is 2. The van der Waals surface area contributed by atoms with Crippen LogP contribution in [-0.2, 0) is 10.8 Å². The molecule has 0 unspecified atom stereocenters. The summed E-state index contributed by atoms with van der Waals surface area (Å²) < 4.78 is 12.4. The first-order valence-electron chi connectivity index (χ1n) is 15.7. The van der Waals surface area contributed by atoms with Crippen LogP contribution in [0.1, 0.15) is 88.2 Å². The van der Waals surface area contributed by atoms with Gasteiger partial charge in [0, 0.05) is 5.39 Å². The minimum absolute atomic E-state index is 0.0187. The highest BCUT2D eigenvalue weighted by atomic mass is 16.5. The zero-order valence-corrected chi connectivity index (χ0v) is 22.8. The highest BCUT2D eigenvalue weighted by Crippen LogP contribution is 2.64. The van der Waals surface area contributed by atoms with E-state index in [1.807, 2.05) is 0 Å². The van der Waals surface area contributed by atoms with E-state index < -0.39 is 0 Å². The van der Waals surface area contributed by atoms with E-state index in [1.54, 1.807) is 5.56 Å². The van der Waals surface area contributed by atoms with Crippen molar-refractivity contribution >= 4 is 10.8 Å². The first kappa shape index (κ1) is 24.1. The molecule has 2 aromatic rings. The fourth-order valence-corrected chi connectivity index (χ4v) is 11.6. The Morgan fingerprint density at radius 3 is 1.63 bits per heavy atom. The van der Waals surface area contributed by atoms with Crippen molar-refractivity contribution in [2.24, 2.45) is 35.5 Å². The summed E-state index contributed by atoms with van der Waals surface area (Å²) in [6.45, 7) is 0.461. The van der Waals surface area contributed by atoms with E-state index in [4.69, 9.17) is 9.47 Å². The maximum Gasteiger partial charge on any atom is 0.169 e. The van der Waals surface area contributed by atoms with Gasteiger partial charge in [-0.1, -0.05) is 18.2 Å². The van der Waals surface area contributed by atoms with Crippen LogP contribution < -0.4 is 9.47 Å². The molecule has 8 aliphatic carbocycles. The Kier molecular flexibility index (Phi) is 5.61. The van der Waals surface area contributed by atoms with E-state index in [9.17, 15) is 10.2 Å². The van der Waals surface area contributed by atoms with Crippen LogP contribution in [0.5, 0.6) is 11.5 Å². The molecule has 0 amide bonds. The molecular formula is C34H44O4. The van der Waals surface area contributed by atoms with Crippen LogP contribution in [-0.4, -0.2) is 36.6 Å². The third kappa shape index (κ3) is 3.69. The maximum atomic E-state index is 9.61. The Balaban J connectivity index is 1.31. The fourth-order valence-electron chi connectivity index (χ4n) is 11.6. The molecule has 38 heavy (non-hydrogen) atoms. The largest absolute Gasteiger partial charge is 0.487 e. The minimum Gasteiger partial charge on any atom is -0.487 e. The maximum absolute atomic E-state index is 9.61. The molecule has 10 rings (SSSR count). The number of aliphatic hydroxyl groups excluding tert-OH is 2. The van der Waals surface area contributed by atoms with Crippen molar-refractivity contribution in [1.29, 1.82) is 0 Å². The van der Waals surface area contributed by atoms with E-state index in [1.165, 1.54) is 88.0 Å². The Morgan fingerprint density at radius 1 is 0.605 bits per heavy atom. The molecule has 0 radical (unpaired) electrons. The van der Waals surface area contributed by atoms with Gasteiger partial charge < -0.3 is 19.7 Å². The third-order valence-electron chi connectivity index (χ3n) is 12.0. The lowest BCUT2D eigenvalue weighted by atomic mass is 9.47. The quantitative estimate of drug-likeness (QED) is 0.420. The molecule has 8 fully saturated rings. The van der Waals surface area contributed by atoms with Crippen molar-refractivity contribution < 1.29 is 19.7 Å². The molecular weight excluding hydrogens is 472 g/mol. The Bertz CT molecular complexity index is 1160. The summed E-state index contributed by atoms with van der Waals surface area (Å²) in [7, 11) is 0. The van der Waals surface area contributed by atoms with Gasteiger partial charge in [0.15, 0.2) is 11.5 Å². The van der Waals surface area contributed by atoms with Crippen LogP contribution in [0, 0.1) is 35.5 Å². The molecule has 0 heterocycles. The molecule has 0 atom stereocenters. The van der Waals surface area contributed by atoms with Gasteiger partial charge in [0.1, 0.15) is 13.2 Å². The number of rotatable bonds is 8. The average molecular weight is 517 g/mol. The molecule has 0 spiro atoms. The summed E-state index contributed by atoms with van der Waals surface area (Å²) in [4.78, 5) is 0. The van der Waals surface area contributed by atoms with Gasteiger partial charge >= 0.3 is 0 Å². The number of hydrogen-bond acceptors (Lipinski definition) is 4. The highest BCUT2D eigenvalue weighted by molar-refractivity contribution is 5.95. The van der Waals surface area contributed by atoms with Gasteiger partial charge in [-0.05, 0) is 146 Å². The minimum atomic E-state index is -0.0248. The number of benzene rings is 2. The second-order valence-corrected chi connectivity index (χ2v) is 14.6. The summed E-state index contributed by atoms with van der Waals surface area (Å²) in [5.41, 5.74) is 3.66. The van der Waals surface area contributed by atoms with Gasteiger partial charge in [0.05, 0.1) is 13.2 Å². The van der Waals surface area contributed by atoms with E-state index in [2.05, 4.69) is 24.3 Å². The summed E-state index contributed by atoms with van der Waals surface area (Å²) in [6, 6.07) is 9.64. The van der Waals surface area contributed by atoms with Gasteiger partial charge in [-0.3, -0.25) is 0 Å². The van der Waals surface area contributed by atoms with Crippen molar-refractivity contribution in [2.45, 2.75) is 87.9 Å². The van der Waals surface area contributed by atoms with Gasteiger partial charge in [-0.2, -0.15) is 0 Å². The van der Waals surface area contributed by atoms with E-state index in [0.29, 0.717) is 5.41 Å². The monoisotopic (exact) mass is 516 g/mol. The summed E-state index contributed by atoms with van der Waals surface area (Å²) in [5.74, 6) is 6.88. The summed E-state index contributed by atoms with van der Waals surface area (Å²) in [6.07, 6.45) is 16.8. The Morgan fingerprint density at radius 2 is 1.11 bits per heavy atom. The van der Waals surface area contributed by atoms with Crippen LogP contribution in [0.4, 0.5) is 0 Å². The van der Waals surface area contributed by atoms with Crippen LogP contribution in [0.15, 0.2) is 24.3 Å². The lowest BCUT2D eigenvalue weighted by molar-refractivity contribution is -0.00570. The zero-order chi connectivity index (χ0) is 25.5. The van der Waals surface area contributed by atoms with Gasteiger partial charge in [-0.25, -0.2) is 0 Å². The Labute approximate surface area is 227 Å². The topological polar surface area (TPSA) is 58.9 Å². The molecule has 2 aromatic carbocycles. The fraction of sp³-hybridized carbons (Fsp3) is 0.706. The zero-order valence-electron chi connectivity index (χ0n) is 22.8. The van der Waals surface area contributed by atoms with Crippen LogP contribution in [0.25, 0.3) is 10.8 Å². The van der Waals surface area contributed by atoms with Crippen LogP contribution in [0.2, 0.25) is 0 Å². The normalized spacial score (nSPS) is 40.3. The molecule has 8 aliphatic rings. The predicted octanol–water partition coefficient (Wildman–Crippen LogP) is 6.52. The molecule has 0 saturated heterocycles. The molecule has 8 bridgehead atoms. The first-order chi connectivity index (χ1) is 18.6. The molecule has 4 heteroatoms. The van der Waals surface area contributed by atoms with Crippen LogP contribution >= 0.6 is 0 Å². The second-order valence-electron chi connectivity index (χ2n) is 14.6. The van der Waals surface area contributed by atoms with E-state index in [-0.39, 0.29) is 31.8 Å². The number of ether oxygens (including phenoxy) is 2. The molecule has 4 nitrogen and oxygen atoms in total. The van der Waals surface area contributed by atoms with Crippen molar-refractivity contribution in [3.63, 3.8) is 0 Å². The highest BCUT2D eigenvalue weighted by Gasteiger charge is 2.54. The van der Waals surface area contributed by atoms with Crippen molar-refractivity contribution in [3.8, 4) is 11.5 Å². The Hall–Kier alpha value is -1.78. The van der Waals surface area contributed by atoms with Crippen molar-refractivity contribution in [2.75, 3.05) is 26.4 Å². The second kappa shape index (κ2) is 8.86. The van der Waals surface area contributed by atoms with E-state index >= 15 is 0 Å². The lowest BCUT2D eigenvalue weighted by Gasteiger charge is -2.58. The summed E-state index contributed by atoms with van der Waals surface area (Å²) in [5, 5.41) is 21.7. The van der Waals surface area contributed by atoms with Crippen molar-refractivity contribution in [1.82, 2.24) is 0 Å². The smallest absolute Gasteiger partial charge is 0.169 e. The van der Waals surface area contributed by atoms with E-state index in [0.717, 1.165) is 52.4 Å². The van der Waals surface area contributed by atoms with Gasteiger partial charge in [0.25, 0.3) is 0 Å². The number of fused-ring (bicyclic) bond motifs is 1. The first-order valence-corrected chi connectivity index (χ1v) is 15.7. The average Bonchev–Trinajstić information content (AvgIpc) is 2.88. The SMILES string of the molecule is OCCOc1cc(C23CC4CC(CC(C4)C2)C3)c2cc(C34CC5CC(CC(C5)C3)C4)ccc2c1OCCO. The lowest BCUT2D eigenvalue weighted by Crippen LogP contribution is -2.49. The van der Waals surface area contributed by atoms with Gasteiger partial charge in [-0.15, -0.1) is 0 Å². The molecule has 0 aromatic heterocycles.